The van der Waals surface area contributed by atoms with Crippen molar-refractivity contribution in [1.82, 2.24) is 4.98 Å². The van der Waals surface area contributed by atoms with Crippen LogP contribution in [0.1, 0.15) is 29.3 Å². The van der Waals surface area contributed by atoms with Crippen LogP contribution in [0.3, 0.4) is 0 Å². The Hall–Kier alpha value is -1.44. The summed E-state index contributed by atoms with van der Waals surface area (Å²) >= 11 is 0. The van der Waals surface area contributed by atoms with Crippen LogP contribution >= 0.6 is 0 Å². The first-order valence-electron chi connectivity index (χ1n) is 4.59. The fourth-order valence-electron chi connectivity index (χ4n) is 1.47. The fraction of sp³-hybridized carbons (Fsp3) is 0.333. The van der Waals surface area contributed by atoms with Gasteiger partial charge in [0, 0.05) is 0 Å². The lowest BCUT2D eigenvalue weighted by Gasteiger charge is -2.12. The van der Waals surface area contributed by atoms with Crippen molar-refractivity contribution in [2.75, 3.05) is 0 Å². The second-order valence-corrected chi connectivity index (χ2v) is 3.60. The molecule has 0 fully saturated rings. The molecular weight excluding hydrogens is 172 g/mol. The maximum atomic E-state index is 4.42. The standard InChI is InChI=1S/C12H16N2/c1-7(2)11-9(4)8(3)10(5)12(13-6)14-11/h1,6H2,2-5H3. The Balaban J connectivity index is 3.56. The lowest BCUT2D eigenvalue weighted by Crippen LogP contribution is -1.97. The van der Waals surface area contributed by atoms with Crippen LogP contribution in [-0.4, -0.2) is 11.7 Å². The highest BCUT2D eigenvalue weighted by molar-refractivity contribution is 5.66. The summed E-state index contributed by atoms with van der Waals surface area (Å²) in [5.74, 6) is 0.714. The molecule has 0 unspecified atom stereocenters. The maximum absolute atomic E-state index is 4.42. The summed E-state index contributed by atoms with van der Waals surface area (Å²) in [5, 5.41) is 0. The van der Waals surface area contributed by atoms with Gasteiger partial charge < -0.3 is 0 Å². The molecule has 0 aliphatic carbocycles. The number of aliphatic imine (C=N–C) groups is 1. The van der Waals surface area contributed by atoms with Gasteiger partial charge in [-0.15, -0.1) is 0 Å². The molecule has 2 nitrogen and oxygen atoms in total. The molecule has 0 saturated carbocycles. The molecule has 0 aliphatic heterocycles. The van der Waals surface area contributed by atoms with Crippen molar-refractivity contribution < 1.29 is 0 Å². The van der Waals surface area contributed by atoms with E-state index in [1.165, 1.54) is 11.1 Å². The van der Waals surface area contributed by atoms with Crippen LogP contribution in [0.2, 0.25) is 0 Å². The van der Waals surface area contributed by atoms with Gasteiger partial charge in [-0.2, -0.15) is 0 Å². The van der Waals surface area contributed by atoms with Crippen LogP contribution in [0, 0.1) is 20.8 Å². The molecule has 74 valence electrons. The Labute approximate surface area is 85.4 Å². The molecule has 1 heterocycles. The first-order chi connectivity index (χ1) is 6.49. The highest BCUT2D eigenvalue weighted by Gasteiger charge is 2.10. The van der Waals surface area contributed by atoms with Crippen molar-refractivity contribution in [2.24, 2.45) is 4.99 Å². The van der Waals surface area contributed by atoms with Crippen molar-refractivity contribution in [3.63, 3.8) is 0 Å². The van der Waals surface area contributed by atoms with Crippen LogP contribution in [0.5, 0.6) is 0 Å². The molecule has 0 amide bonds. The van der Waals surface area contributed by atoms with Crippen LogP contribution in [0.25, 0.3) is 5.57 Å². The van der Waals surface area contributed by atoms with E-state index in [0.29, 0.717) is 5.82 Å². The van der Waals surface area contributed by atoms with Gasteiger partial charge >= 0.3 is 0 Å². The monoisotopic (exact) mass is 188 g/mol. The molecule has 0 saturated heterocycles. The van der Waals surface area contributed by atoms with Crippen LogP contribution in [0.15, 0.2) is 11.6 Å². The average Bonchev–Trinajstić information content (AvgIpc) is 2.14. The normalized spacial score (nSPS) is 10.0. The minimum atomic E-state index is 0.714. The molecule has 14 heavy (non-hydrogen) atoms. The van der Waals surface area contributed by atoms with Gasteiger partial charge in [-0.3, -0.25) is 0 Å². The molecule has 0 atom stereocenters. The van der Waals surface area contributed by atoms with E-state index >= 15 is 0 Å². The number of nitrogens with zero attached hydrogens (tertiary/aromatic N) is 2. The number of aromatic nitrogens is 1. The number of pyridine rings is 1. The van der Waals surface area contributed by atoms with Gasteiger partial charge in [0.2, 0.25) is 0 Å². The van der Waals surface area contributed by atoms with E-state index in [-0.39, 0.29) is 0 Å². The summed E-state index contributed by atoms with van der Waals surface area (Å²) in [5.41, 5.74) is 5.41. The summed E-state index contributed by atoms with van der Waals surface area (Å²) in [4.78, 5) is 8.33. The van der Waals surface area contributed by atoms with E-state index in [1.54, 1.807) is 0 Å². The van der Waals surface area contributed by atoms with Crippen LogP contribution in [0.4, 0.5) is 5.82 Å². The summed E-state index contributed by atoms with van der Waals surface area (Å²) < 4.78 is 0. The number of hydrogen-bond donors (Lipinski definition) is 0. The number of hydrogen-bond acceptors (Lipinski definition) is 2. The average molecular weight is 188 g/mol. The lowest BCUT2D eigenvalue weighted by molar-refractivity contribution is 1.12. The molecule has 1 rings (SSSR count). The molecular formula is C12H16N2. The topological polar surface area (TPSA) is 25.2 Å². The third-order valence-corrected chi connectivity index (χ3v) is 2.59. The van der Waals surface area contributed by atoms with Gasteiger partial charge in [0.15, 0.2) is 5.82 Å². The second kappa shape index (κ2) is 3.74. The Kier molecular flexibility index (Phi) is 2.84. The molecule has 1 aromatic heterocycles. The number of rotatable bonds is 2. The van der Waals surface area contributed by atoms with Crippen molar-refractivity contribution in [3.05, 3.63) is 29.0 Å². The maximum Gasteiger partial charge on any atom is 0.155 e. The van der Waals surface area contributed by atoms with Crippen LogP contribution in [-0.2, 0) is 0 Å². The van der Waals surface area contributed by atoms with Crippen molar-refractivity contribution in [3.8, 4) is 0 Å². The fourth-order valence-corrected chi connectivity index (χ4v) is 1.47. The number of allylic oxidation sites excluding steroid dienone is 1. The van der Waals surface area contributed by atoms with Gasteiger partial charge in [-0.05, 0) is 56.7 Å². The molecule has 0 bridgehead atoms. The van der Waals surface area contributed by atoms with Gasteiger partial charge in [0.05, 0.1) is 5.69 Å². The van der Waals surface area contributed by atoms with E-state index in [4.69, 9.17) is 0 Å². The molecule has 0 aromatic carbocycles. The first kappa shape index (κ1) is 10.6. The van der Waals surface area contributed by atoms with Gasteiger partial charge in [-0.25, -0.2) is 9.98 Å². The highest BCUT2D eigenvalue weighted by atomic mass is 14.9. The van der Waals surface area contributed by atoms with E-state index < -0.39 is 0 Å². The largest absolute Gasteiger partial charge is 0.245 e. The van der Waals surface area contributed by atoms with E-state index in [1.807, 2.05) is 13.8 Å². The Morgan fingerprint density at radius 1 is 1.14 bits per heavy atom. The Morgan fingerprint density at radius 3 is 2.14 bits per heavy atom. The molecule has 0 spiro atoms. The van der Waals surface area contributed by atoms with Gasteiger partial charge in [0.25, 0.3) is 0 Å². The van der Waals surface area contributed by atoms with Crippen molar-refractivity contribution in [1.29, 1.82) is 0 Å². The third kappa shape index (κ3) is 1.60. The third-order valence-electron chi connectivity index (χ3n) is 2.59. The Bertz CT molecular complexity index is 403. The zero-order chi connectivity index (χ0) is 10.9. The summed E-state index contributed by atoms with van der Waals surface area (Å²) in [6, 6.07) is 0. The predicted octanol–water partition coefficient (Wildman–Crippen LogP) is 3.37. The van der Waals surface area contributed by atoms with Gasteiger partial charge in [0.1, 0.15) is 0 Å². The predicted molar refractivity (Wildman–Crippen MR) is 62.4 cm³/mol. The SMILES string of the molecule is C=Nc1nc(C(=C)C)c(C)c(C)c1C. The van der Waals surface area contributed by atoms with Crippen LogP contribution < -0.4 is 0 Å². The first-order valence-corrected chi connectivity index (χ1v) is 4.59. The van der Waals surface area contributed by atoms with E-state index in [9.17, 15) is 0 Å². The van der Waals surface area contributed by atoms with E-state index in [2.05, 4.69) is 37.1 Å². The van der Waals surface area contributed by atoms with E-state index in [0.717, 1.165) is 16.8 Å². The quantitative estimate of drug-likeness (QED) is 0.653. The minimum absolute atomic E-state index is 0.714. The summed E-state index contributed by atoms with van der Waals surface area (Å²) in [7, 11) is 0. The minimum Gasteiger partial charge on any atom is -0.245 e. The van der Waals surface area contributed by atoms with Crippen molar-refractivity contribution in [2.45, 2.75) is 27.7 Å². The zero-order valence-electron chi connectivity index (χ0n) is 9.31. The van der Waals surface area contributed by atoms with Gasteiger partial charge in [-0.1, -0.05) is 6.58 Å². The van der Waals surface area contributed by atoms with Crippen molar-refractivity contribution >= 4 is 18.1 Å². The lowest BCUT2D eigenvalue weighted by atomic mass is 10.0. The highest BCUT2D eigenvalue weighted by Crippen LogP contribution is 2.26. The zero-order valence-corrected chi connectivity index (χ0v) is 9.31. The molecule has 0 aliphatic rings. The Morgan fingerprint density at radius 2 is 1.71 bits per heavy atom. The molecule has 0 N–H and O–H groups in total. The molecule has 1 aromatic rings. The second-order valence-electron chi connectivity index (χ2n) is 3.60. The summed E-state index contributed by atoms with van der Waals surface area (Å²) in [6.07, 6.45) is 0. The molecule has 2 heteroatoms. The summed E-state index contributed by atoms with van der Waals surface area (Å²) in [6.45, 7) is 15.5. The smallest absolute Gasteiger partial charge is 0.155 e. The molecule has 0 radical (unpaired) electrons.